The van der Waals surface area contributed by atoms with Crippen molar-refractivity contribution in [3.05, 3.63) is 18.2 Å². The number of sulfonamides is 1. The van der Waals surface area contributed by atoms with E-state index >= 15 is 0 Å². The molecule has 2 saturated heterocycles. The van der Waals surface area contributed by atoms with Crippen LogP contribution in [0.1, 0.15) is 25.7 Å². The molecule has 3 rings (SSSR count). The highest BCUT2D eigenvalue weighted by molar-refractivity contribution is 7.89. The molecule has 1 atom stereocenters. The Kier molecular flexibility index (Phi) is 6.33. The molecular formula is C19H27N3O6S. The van der Waals surface area contributed by atoms with Crippen LogP contribution in [0.2, 0.25) is 0 Å². The number of benzene rings is 1. The quantitative estimate of drug-likeness (QED) is 0.712. The number of nitrogens with zero attached hydrogens (tertiary/aromatic N) is 2. The van der Waals surface area contributed by atoms with Crippen LogP contribution < -0.4 is 15.2 Å². The number of amides is 2. The number of primary amides is 1. The summed E-state index contributed by atoms with van der Waals surface area (Å²) in [7, 11) is -0.966. The minimum Gasteiger partial charge on any atom is -0.493 e. The Morgan fingerprint density at radius 1 is 1.03 bits per heavy atom. The summed E-state index contributed by atoms with van der Waals surface area (Å²) in [5.74, 6) is -0.0543. The van der Waals surface area contributed by atoms with E-state index in [0.717, 1.165) is 0 Å². The molecule has 29 heavy (non-hydrogen) atoms. The lowest BCUT2D eigenvalue weighted by molar-refractivity contribution is -0.137. The molecule has 2 aliphatic heterocycles. The van der Waals surface area contributed by atoms with Gasteiger partial charge in [0, 0.05) is 31.6 Å². The van der Waals surface area contributed by atoms with Crippen LogP contribution >= 0.6 is 0 Å². The maximum atomic E-state index is 13.2. The van der Waals surface area contributed by atoms with E-state index < -0.39 is 16.1 Å². The highest BCUT2D eigenvalue weighted by atomic mass is 32.2. The molecule has 160 valence electrons. The number of piperidine rings is 1. The standard InChI is InChI=1S/C19H27N3O6S/c1-27-16-6-5-14(12-17(16)28-2)29(25,26)22-9-3-4-15(22)19(24)21-10-7-13(8-11-21)18(20)23/h5-6,12-13,15H,3-4,7-11H2,1-2H3,(H2,20,23). The van der Waals surface area contributed by atoms with E-state index in [0.29, 0.717) is 50.3 Å². The smallest absolute Gasteiger partial charge is 0.243 e. The van der Waals surface area contributed by atoms with E-state index in [1.807, 2.05) is 0 Å². The number of ether oxygens (including phenoxy) is 2. The summed E-state index contributed by atoms with van der Waals surface area (Å²) in [6, 6.07) is 3.66. The number of carbonyl (C=O) groups is 2. The molecule has 1 unspecified atom stereocenters. The third kappa shape index (κ3) is 4.18. The number of likely N-dealkylation sites (tertiary alicyclic amines) is 1. The maximum absolute atomic E-state index is 13.2. The number of hydrogen-bond donors (Lipinski definition) is 1. The molecule has 2 aliphatic rings. The van der Waals surface area contributed by atoms with Gasteiger partial charge in [-0.15, -0.1) is 0 Å². The number of carbonyl (C=O) groups excluding carboxylic acids is 2. The van der Waals surface area contributed by atoms with Crippen LogP contribution in [-0.2, 0) is 19.6 Å². The van der Waals surface area contributed by atoms with Gasteiger partial charge in [-0.3, -0.25) is 9.59 Å². The minimum absolute atomic E-state index is 0.0577. The molecule has 9 nitrogen and oxygen atoms in total. The number of hydrogen-bond acceptors (Lipinski definition) is 6. The largest absolute Gasteiger partial charge is 0.493 e. The third-order valence-electron chi connectivity index (χ3n) is 5.66. The highest BCUT2D eigenvalue weighted by Crippen LogP contribution is 2.33. The molecule has 2 fully saturated rings. The summed E-state index contributed by atoms with van der Waals surface area (Å²) in [4.78, 5) is 26.1. The van der Waals surface area contributed by atoms with Crippen molar-refractivity contribution in [1.82, 2.24) is 9.21 Å². The van der Waals surface area contributed by atoms with Gasteiger partial charge in [-0.05, 0) is 37.8 Å². The third-order valence-corrected chi connectivity index (χ3v) is 7.56. The van der Waals surface area contributed by atoms with Crippen LogP contribution in [-0.4, -0.2) is 69.3 Å². The molecule has 1 aromatic carbocycles. The zero-order chi connectivity index (χ0) is 21.2. The van der Waals surface area contributed by atoms with Crippen LogP contribution in [0.25, 0.3) is 0 Å². The fourth-order valence-corrected chi connectivity index (χ4v) is 5.65. The Hall–Kier alpha value is -2.33. The predicted octanol–water partition coefficient (Wildman–Crippen LogP) is 0.581. The van der Waals surface area contributed by atoms with Crippen LogP contribution in [0, 0.1) is 5.92 Å². The zero-order valence-electron chi connectivity index (χ0n) is 16.7. The molecule has 2 amide bonds. The molecule has 0 aromatic heterocycles. The van der Waals surface area contributed by atoms with Gasteiger partial charge >= 0.3 is 0 Å². The average molecular weight is 426 g/mol. The number of rotatable bonds is 6. The van der Waals surface area contributed by atoms with Crippen molar-refractivity contribution >= 4 is 21.8 Å². The van der Waals surface area contributed by atoms with Gasteiger partial charge in [-0.2, -0.15) is 4.31 Å². The van der Waals surface area contributed by atoms with Crippen LogP contribution in [0.15, 0.2) is 23.1 Å². The van der Waals surface area contributed by atoms with Crippen LogP contribution in [0.3, 0.4) is 0 Å². The second-order valence-electron chi connectivity index (χ2n) is 7.29. The van der Waals surface area contributed by atoms with Crippen LogP contribution in [0.5, 0.6) is 11.5 Å². The van der Waals surface area contributed by atoms with Crippen molar-refractivity contribution in [3.63, 3.8) is 0 Å². The first-order chi connectivity index (χ1) is 13.8. The average Bonchev–Trinajstić information content (AvgIpc) is 3.23. The Morgan fingerprint density at radius 3 is 2.28 bits per heavy atom. The zero-order valence-corrected chi connectivity index (χ0v) is 17.5. The van der Waals surface area contributed by atoms with E-state index in [1.54, 1.807) is 4.90 Å². The van der Waals surface area contributed by atoms with Gasteiger partial charge in [-0.1, -0.05) is 0 Å². The molecule has 0 spiro atoms. The molecule has 0 saturated carbocycles. The van der Waals surface area contributed by atoms with Crippen LogP contribution in [0.4, 0.5) is 0 Å². The maximum Gasteiger partial charge on any atom is 0.243 e. The van der Waals surface area contributed by atoms with E-state index in [4.69, 9.17) is 15.2 Å². The lowest BCUT2D eigenvalue weighted by Crippen LogP contribution is -2.50. The molecule has 10 heteroatoms. The second-order valence-corrected chi connectivity index (χ2v) is 9.18. The predicted molar refractivity (Wildman–Crippen MR) is 105 cm³/mol. The first-order valence-corrected chi connectivity index (χ1v) is 11.1. The summed E-state index contributed by atoms with van der Waals surface area (Å²) in [6.07, 6.45) is 2.11. The number of methoxy groups -OCH3 is 2. The Morgan fingerprint density at radius 2 is 1.69 bits per heavy atom. The Balaban J connectivity index is 1.79. The normalized spacial score (nSPS) is 21.2. The molecule has 2 N–H and O–H groups in total. The molecule has 0 aliphatic carbocycles. The first kappa shape index (κ1) is 21.4. The summed E-state index contributed by atoms with van der Waals surface area (Å²) < 4.78 is 38.1. The molecule has 0 radical (unpaired) electrons. The van der Waals surface area contributed by atoms with Crippen molar-refractivity contribution in [3.8, 4) is 11.5 Å². The van der Waals surface area contributed by atoms with Gasteiger partial charge in [-0.25, -0.2) is 8.42 Å². The lowest BCUT2D eigenvalue weighted by atomic mass is 9.96. The van der Waals surface area contributed by atoms with Crippen molar-refractivity contribution in [2.45, 2.75) is 36.6 Å². The first-order valence-electron chi connectivity index (χ1n) is 9.61. The van der Waals surface area contributed by atoms with Crippen molar-refractivity contribution < 1.29 is 27.5 Å². The monoisotopic (exact) mass is 425 g/mol. The minimum atomic E-state index is -3.88. The summed E-state index contributed by atoms with van der Waals surface area (Å²) in [6.45, 7) is 1.10. The molecule has 1 aromatic rings. The SMILES string of the molecule is COc1ccc(S(=O)(=O)N2CCCC2C(=O)N2CCC(C(N)=O)CC2)cc1OC. The molecule has 2 heterocycles. The van der Waals surface area contributed by atoms with Gasteiger partial charge in [0.2, 0.25) is 21.8 Å². The van der Waals surface area contributed by atoms with Crippen molar-refractivity contribution in [2.75, 3.05) is 33.9 Å². The van der Waals surface area contributed by atoms with E-state index in [9.17, 15) is 18.0 Å². The van der Waals surface area contributed by atoms with Crippen molar-refractivity contribution in [2.24, 2.45) is 11.7 Å². The van der Waals surface area contributed by atoms with Crippen molar-refractivity contribution in [1.29, 1.82) is 0 Å². The Labute approximate surface area is 170 Å². The van der Waals surface area contributed by atoms with Gasteiger partial charge in [0.15, 0.2) is 11.5 Å². The fourth-order valence-electron chi connectivity index (χ4n) is 3.98. The molecular weight excluding hydrogens is 398 g/mol. The Bertz CT molecular complexity index is 880. The summed E-state index contributed by atoms with van der Waals surface area (Å²) >= 11 is 0. The second kappa shape index (κ2) is 8.58. The molecule has 0 bridgehead atoms. The van der Waals surface area contributed by atoms with E-state index in [2.05, 4.69) is 0 Å². The van der Waals surface area contributed by atoms with Gasteiger partial charge in [0.05, 0.1) is 19.1 Å². The topological polar surface area (TPSA) is 119 Å². The summed E-state index contributed by atoms with van der Waals surface area (Å²) in [5, 5.41) is 0. The van der Waals surface area contributed by atoms with Gasteiger partial charge in [0.1, 0.15) is 6.04 Å². The fraction of sp³-hybridized carbons (Fsp3) is 0.579. The summed E-state index contributed by atoms with van der Waals surface area (Å²) in [5.41, 5.74) is 5.35. The van der Waals surface area contributed by atoms with Gasteiger partial charge < -0.3 is 20.1 Å². The number of nitrogens with two attached hydrogens (primary N) is 1. The van der Waals surface area contributed by atoms with E-state index in [-0.39, 0.29) is 29.2 Å². The van der Waals surface area contributed by atoms with E-state index in [1.165, 1.54) is 36.7 Å². The highest BCUT2D eigenvalue weighted by Gasteiger charge is 2.42. The van der Waals surface area contributed by atoms with Gasteiger partial charge in [0.25, 0.3) is 0 Å². The lowest BCUT2D eigenvalue weighted by Gasteiger charge is -2.34.